The van der Waals surface area contributed by atoms with Crippen molar-refractivity contribution in [2.45, 2.75) is 51.1 Å². The molecule has 5 rings (SSSR count). The lowest BCUT2D eigenvalue weighted by molar-refractivity contribution is -0.135. The minimum atomic E-state index is -2.81. The number of anilines is 2. The molecular weight excluding hydrogens is 508 g/mol. The maximum absolute atomic E-state index is 14.1. The van der Waals surface area contributed by atoms with Gasteiger partial charge in [-0.15, -0.1) is 0 Å². The highest BCUT2D eigenvalue weighted by atomic mass is 19.3. The highest BCUT2D eigenvalue weighted by molar-refractivity contribution is 5.84. The normalized spacial score (nSPS) is 19.1. The van der Waals surface area contributed by atoms with Crippen LogP contribution in [0.5, 0.6) is 0 Å². The number of ether oxygens (including phenoxy) is 2. The van der Waals surface area contributed by atoms with Crippen LogP contribution in [0.1, 0.15) is 44.9 Å². The highest BCUT2D eigenvalue weighted by Crippen LogP contribution is 2.29. The van der Waals surface area contributed by atoms with Crippen molar-refractivity contribution in [3.05, 3.63) is 36.2 Å². The molecule has 2 atom stereocenters. The first kappa shape index (κ1) is 27.2. The van der Waals surface area contributed by atoms with Crippen molar-refractivity contribution in [3.8, 4) is 5.82 Å². The predicted molar refractivity (Wildman–Crippen MR) is 144 cm³/mol. The zero-order chi connectivity index (χ0) is 27.4. The van der Waals surface area contributed by atoms with Crippen LogP contribution in [-0.4, -0.2) is 89.0 Å². The molecule has 10 nitrogen and oxygen atoms in total. The largest absolute Gasteiger partial charge is 0.385 e. The number of aromatic nitrogens is 4. The Morgan fingerprint density at radius 1 is 1.13 bits per heavy atom. The molecule has 2 saturated heterocycles. The van der Waals surface area contributed by atoms with E-state index >= 15 is 0 Å². The average Bonchev–Trinajstić information content (AvgIpc) is 3.36. The third-order valence-corrected chi connectivity index (χ3v) is 7.33. The third-order valence-electron chi connectivity index (χ3n) is 7.33. The lowest BCUT2D eigenvalue weighted by Crippen LogP contribution is -2.49. The van der Waals surface area contributed by atoms with Gasteiger partial charge >= 0.3 is 0 Å². The molecule has 1 unspecified atom stereocenters. The van der Waals surface area contributed by atoms with E-state index in [9.17, 15) is 13.6 Å². The van der Waals surface area contributed by atoms with Gasteiger partial charge in [0.2, 0.25) is 11.9 Å². The second kappa shape index (κ2) is 12.2. The Labute approximate surface area is 226 Å². The summed E-state index contributed by atoms with van der Waals surface area (Å²) in [4.78, 5) is 31.0. The molecular formula is C27H35F2N7O3. The summed E-state index contributed by atoms with van der Waals surface area (Å²) in [7, 11) is 1.67. The van der Waals surface area contributed by atoms with E-state index < -0.39 is 18.3 Å². The van der Waals surface area contributed by atoms with Crippen LogP contribution >= 0.6 is 0 Å². The number of piperidine rings is 1. The van der Waals surface area contributed by atoms with Crippen LogP contribution in [-0.2, 0) is 14.3 Å². The van der Waals surface area contributed by atoms with Crippen LogP contribution < -0.4 is 10.2 Å². The number of imidazole rings is 1. The maximum Gasteiger partial charge on any atom is 0.296 e. The summed E-state index contributed by atoms with van der Waals surface area (Å²) >= 11 is 0. The second-order valence-corrected chi connectivity index (χ2v) is 9.93. The summed E-state index contributed by atoms with van der Waals surface area (Å²) in [6.45, 7) is 5.34. The minimum Gasteiger partial charge on any atom is -0.385 e. The Kier molecular flexibility index (Phi) is 8.51. The molecule has 4 heterocycles. The van der Waals surface area contributed by atoms with Gasteiger partial charge in [-0.05, 0) is 44.7 Å². The van der Waals surface area contributed by atoms with Gasteiger partial charge in [0, 0.05) is 45.5 Å². The molecule has 12 heteroatoms. The maximum atomic E-state index is 14.1. The fourth-order valence-electron chi connectivity index (χ4n) is 5.34. The molecule has 1 amide bonds. The van der Waals surface area contributed by atoms with Crippen LogP contribution in [0.25, 0.3) is 16.9 Å². The van der Waals surface area contributed by atoms with E-state index in [-0.39, 0.29) is 23.7 Å². The molecule has 0 aliphatic carbocycles. The lowest BCUT2D eigenvalue weighted by Gasteiger charge is -2.37. The monoisotopic (exact) mass is 543 g/mol. The molecule has 2 fully saturated rings. The van der Waals surface area contributed by atoms with Crippen molar-refractivity contribution in [2.75, 3.05) is 56.8 Å². The van der Waals surface area contributed by atoms with Gasteiger partial charge in [0.25, 0.3) is 6.43 Å². The number of hydrogen-bond acceptors (Lipinski definition) is 8. The Hall–Kier alpha value is -3.38. The van der Waals surface area contributed by atoms with Gasteiger partial charge in [-0.3, -0.25) is 9.36 Å². The number of nitrogens with one attached hydrogen (secondary N) is 1. The number of fused-ring (bicyclic) bond motifs is 1. The van der Waals surface area contributed by atoms with Gasteiger partial charge in [-0.1, -0.05) is 12.1 Å². The van der Waals surface area contributed by atoms with Crippen molar-refractivity contribution < 1.29 is 23.0 Å². The molecule has 2 aliphatic heterocycles. The van der Waals surface area contributed by atoms with Crippen molar-refractivity contribution in [3.63, 3.8) is 0 Å². The van der Waals surface area contributed by atoms with E-state index in [4.69, 9.17) is 14.5 Å². The molecule has 0 radical (unpaired) electrons. The van der Waals surface area contributed by atoms with Crippen LogP contribution in [0, 0.1) is 0 Å². The minimum absolute atomic E-state index is 0.0425. The van der Waals surface area contributed by atoms with E-state index in [2.05, 4.69) is 15.3 Å². The molecule has 1 aromatic carbocycles. The topological polar surface area (TPSA) is 97.6 Å². The van der Waals surface area contributed by atoms with E-state index in [1.54, 1.807) is 44.4 Å². The number of amides is 1. The number of halogens is 2. The molecule has 0 saturated carbocycles. The Bertz CT molecular complexity index is 1280. The summed E-state index contributed by atoms with van der Waals surface area (Å²) in [6.07, 6.45) is 0.962. The number of benzene rings is 1. The number of alkyl halides is 2. The zero-order valence-electron chi connectivity index (χ0n) is 22.4. The Balaban J connectivity index is 1.49. The van der Waals surface area contributed by atoms with Gasteiger partial charge in [-0.25, -0.2) is 13.8 Å². The molecule has 3 aromatic rings. The summed E-state index contributed by atoms with van der Waals surface area (Å²) < 4.78 is 40.4. The third kappa shape index (κ3) is 5.96. The Morgan fingerprint density at radius 3 is 2.67 bits per heavy atom. The van der Waals surface area contributed by atoms with Crippen LogP contribution in [0.2, 0.25) is 0 Å². The SMILES string of the molecule is COCCC1CCCCN1C(=O)[C@H](C)Nc1nc(N2CCOCC2)cc(-n2c(C(F)F)nc3ccccc32)n1. The lowest BCUT2D eigenvalue weighted by atomic mass is 9.98. The Morgan fingerprint density at radius 2 is 1.90 bits per heavy atom. The molecule has 1 N–H and O–H groups in total. The molecule has 0 spiro atoms. The number of para-hydroxylation sites is 2. The fraction of sp³-hybridized carbons (Fsp3) is 0.556. The van der Waals surface area contributed by atoms with Gasteiger partial charge in [0.05, 0.1) is 24.2 Å². The first-order valence-electron chi connectivity index (χ1n) is 13.5. The van der Waals surface area contributed by atoms with Crippen LogP contribution in [0.3, 0.4) is 0 Å². The van der Waals surface area contributed by atoms with Gasteiger partial charge in [0.15, 0.2) is 5.82 Å². The van der Waals surface area contributed by atoms with E-state index in [1.165, 1.54) is 4.57 Å². The highest BCUT2D eigenvalue weighted by Gasteiger charge is 2.30. The van der Waals surface area contributed by atoms with Gasteiger partial charge in [-0.2, -0.15) is 9.97 Å². The summed E-state index contributed by atoms with van der Waals surface area (Å²) in [6, 6.07) is 8.16. The van der Waals surface area contributed by atoms with E-state index in [0.29, 0.717) is 56.3 Å². The quantitative estimate of drug-likeness (QED) is 0.435. The van der Waals surface area contributed by atoms with Crippen molar-refractivity contribution in [2.24, 2.45) is 0 Å². The van der Waals surface area contributed by atoms with Gasteiger partial charge < -0.3 is 24.6 Å². The summed E-state index contributed by atoms with van der Waals surface area (Å²) in [5.41, 5.74) is 0.966. The zero-order valence-corrected chi connectivity index (χ0v) is 22.4. The molecule has 2 aromatic heterocycles. The fourth-order valence-corrected chi connectivity index (χ4v) is 5.34. The summed E-state index contributed by atoms with van der Waals surface area (Å²) in [5, 5.41) is 3.17. The number of rotatable bonds is 9. The molecule has 39 heavy (non-hydrogen) atoms. The number of methoxy groups -OCH3 is 1. The van der Waals surface area contributed by atoms with Crippen molar-refractivity contribution in [1.29, 1.82) is 0 Å². The number of carbonyl (C=O) groups excluding carboxylic acids is 1. The number of hydrogen-bond donors (Lipinski definition) is 1. The van der Waals surface area contributed by atoms with E-state index in [1.807, 2.05) is 9.80 Å². The van der Waals surface area contributed by atoms with Gasteiger partial charge in [0.1, 0.15) is 17.7 Å². The number of nitrogens with zero attached hydrogens (tertiary/aromatic N) is 6. The number of morpholine rings is 1. The molecule has 2 aliphatic rings. The first-order valence-corrected chi connectivity index (χ1v) is 13.5. The predicted octanol–water partition coefficient (Wildman–Crippen LogP) is 3.81. The van der Waals surface area contributed by atoms with E-state index in [0.717, 1.165) is 25.7 Å². The molecule has 210 valence electrons. The van der Waals surface area contributed by atoms with Crippen LogP contribution in [0.15, 0.2) is 30.3 Å². The van der Waals surface area contributed by atoms with Crippen molar-refractivity contribution >= 4 is 28.7 Å². The van der Waals surface area contributed by atoms with Crippen LogP contribution in [0.4, 0.5) is 20.5 Å². The second-order valence-electron chi connectivity index (χ2n) is 9.93. The number of carbonyl (C=O) groups is 1. The number of likely N-dealkylation sites (tertiary alicyclic amines) is 1. The molecule has 0 bridgehead atoms. The standard InChI is InChI=1S/C27H35F2N7O3/c1-18(26(37)35-11-6-5-7-19(35)10-14-38-2)30-27-32-22(34-12-15-39-16-13-34)17-23(33-27)36-21-9-4-3-8-20(21)31-25(36)24(28)29/h3-4,8-9,17-19,24H,5-7,10-16H2,1-2H3,(H,30,32,33)/t18-,19?/m0/s1. The summed E-state index contributed by atoms with van der Waals surface area (Å²) in [5.74, 6) is 0.581. The van der Waals surface area contributed by atoms with Crippen molar-refractivity contribution in [1.82, 2.24) is 24.4 Å². The average molecular weight is 544 g/mol. The first-order chi connectivity index (χ1) is 19.0. The smallest absolute Gasteiger partial charge is 0.296 e.